The van der Waals surface area contributed by atoms with Crippen molar-refractivity contribution in [1.82, 2.24) is 4.57 Å². The lowest BCUT2D eigenvalue weighted by atomic mass is 10.1. The monoisotopic (exact) mass is 268 g/mol. The molecule has 1 aromatic rings. The number of hydrogen-bond acceptors (Lipinski definition) is 3. The molecule has 1 heterocycles. The predicted octanol–water partition coefficient (Wildman–Crippen LogP) is 3.45. The second kappa shape index (κ2) is 8.45. The topological polar surface area (TPSA) is 65.1 Å². The summed E-state index contributed by atoms with van der Waals surface area (Å²) in [4.78, 5) is 22.1. The van der Waals surface area contributed by atoms with E-state index in [0.29, 0.717) is 12.1 Å². The number of hydrogen-bond donors (Lipinski definition) is 0. The molecule has 108 valence electrons. The van der Waals surface area contributed by atoms with Crippen LogP contribution in [-0.2, 0) is 13.0 Å². The summed E-state index contributed by atoms with van der Waals surface area (Å²) in [6.07, 6.45) is 2.93. The van der Waals surface area contributed by atoms with Gasteiger partial charge in [0.2, 0.25) is 0 Å². The average molecular weight is 268 g/mol. The lowest BCUT2D eigenvalue weighted by Gasteiger charge is -2.11. The molecule has 0 bridgehead atoms. The van der Waals surface area contributed by atoms with Crippen molar-refractivity contribution in [3.8, 4) is 0 Å². The van der Waals surface area contributed by atoms with Gasteiger partial charge < -0.3 is 4.57 Å². The Morgan fingerprint density at radius 2 is 1.79 bits per heavy atom. The Kier molecular flexibility index (Phi) is 7.72. The third-order valence-corrected chi connectivity index (χ3v) is 2.56. The minimum atomic E-state index is -0.598. The Bertz CT molecular complexity index is 478. The van der Waals surface area contributed by atoms with E-state index in [1.807, 2.05) is 13.8 Å². The Hall–Kier alpha value is -1.65. The van der Waals surface area contributed by atoms with Crippen LogP contribution in [0.2, 0.25) is 0 Å². The fraction of sp³-hybridized carbons (Fsp3) is 0.643. The highest BCUT2D eigenvalue weighted by Gasteiger charge is 2.20. The first-order valence-corrected chi connectivity index (χ1v) is 6.82. The Morgan fingerprint density at radius 3 is 2.16 bits per heavy atom. The quantitative estimate of drug-likeness (QED) is 0.620. The maximum Gasteiger partial charge on any atom is 0.336 e. The third kappa shape index (κ3) is 4.50. The van der Waals surface area contributed by atoms with E-state index in [0.717, 1.165) is 18.5 Å². The van der Waals surface area contributed by atoms with Gasteiger partial charge >= 0.3 is 11.2 Å². The van der Waals surface area contributed by atoms with Gasteiger partial charge in [0, 0.05) is 17.8 Å². The van der Waals surface area contributed by atoms with Crippen LogP contribution in [0.3, 0.4) is 0 Å². The van der Waals surface area contributed by atoms with E-state index in [9.17, 15) is 14.9 Å². The van der Waals surface area contributed by atoms with Gasteiger partial charge in [-0.15, -0.1) is 0 Å². The first-order chi connectivity index (χ1) is 8.94. The van der Waals surface area contributed by atoms with Gasteiger partial charge in [0.15, 0.2) is 0 Å². The molecule has 0 spiro atoms. The van der Waals surface area contributed by atoms with Gasteiger partial charge in [-0.2, -0.15) is 0 Å². The van der Waals surface area contributed by atoms with E-state index in [4.69, 9.17) is 0 Å². The number of rotatable bonds is 4. The van der Waals surface area contributed by atoms with E-state index < -0.39 is 10.5 Å². The average Bonchev–Trinajstić information content (AvgIpc) is 2.29. The SMILES string of the molecule is CCC.CCCc1cc(C)c([N+](=O)[O-])c(=O)n1CC. The van der Waals surface area contributed by atoms with Crippen LogP contribution in [0.25, 0.3) is 0 Å². The van der Waals surface area contributed by atoms with Crippen molar-refractivity contribution in [2.24, 2.45) is 0 Å². The van der Waals surface area contributed by atoms with Gasteiger partial charge in [0.1, 0.15) is 0 Å². The highest BCUT2D eigenvalue weighted by Crippen LogP contribution is 2.15. The van der Waals surface area contributed by atoms with Crippen LogP contribution in [0.5, 0.6) is 0 Å². The van der Waals surface area contributed by atoms with Gasteiger partial charge in [0.25, 0.3) is 0 Å². The summed E-state index contributed by atoms with van der Waals surface area (Å²) in [6.45, 7) is 10.2. The predicted molar refractivity (Wildman–Crippen MR) is 77.7 cm³/mol. The molecule has 0 aliphatic heterocycles. The van der Waals surface area contributed by atoms with E-state index >= 15 is 0 Å². The first kappa shape index (κ1) is 17.4. The maximum absolute atomic E-state index is 11.9. The molecule has 0 aromatic carbocycles. The van der Waals surface area contributed by atoms with E-state index in [2.05, 4.69) is 13.8 Å². The van der Waals surface area contributed by atoms with Crippen LogP contribution in [0.4, 0.5) is 5.69 Å². The van der Waals surface area contributed by atoms with Crippen molar-refractivity contribution in [1.29, 1.82) is 0 Å². The molecular weight excluding hydrogens is 244 g/mol. The minimum Gasteiger partial charge on any atom is -0.307 e. The zero-order valence-electron chi connectivity index (χ0n) is 12.5. The largest absolute Gasteiger partial charge is 0.336 e. The molecule has 19 heavy (non-hydrogen) atoms. The normalized spacial score (nSPS) is 9.74. The highest BCUT2D eigenvalue weighted by atomic mass is 16.6. The van der Waals surface area contributed by atoms with Crippen LogP contribution in [0.15, 0.2) is 10.9 Å². The number of nitrogens with zero attached hydrogens (tertiary/aromatic N) is 2. The van der Waals surface area contributed by atoms with Crippen LogP contribution >= 0.6 is 0 Å². The Morgan fingerprint density at radius 1 is 1.26 bits per heavy atom. The lowest BCUT2D eigenvalue weighted by molar-refractivity contribution is -0.387. The summed E-state index contributed by atoms with van der Waals surface area (Å²) in [6, 6.07) is 1.74. The van der Waals surface area contributed by atoms with Gasteiger partial charge in [-0.1, -0.05) is 33.6 Å². The number of aromatic nitrogens is 1. The second-order valence-electron chi connectivity index (χ2n) is 4.43. The molecule has 0 fully saturated rings. The molecule has 0 amide bonds. The third-order valence-electron chi connectivity index (χ3n) is 2.56. The van der Waals surface area contributed by atoms with Crippen molar-refractivity contribution in [2.75, 3.05) is 0 Å². The molecule has 0 radical (unpaired) electrons. The van der Waals surface area contributed by atoms with E-state index in [1.165, 1.54) is 11.0 Å². The lowest BCUT2D eigenvalue weighted by Crippen LogP contribution is -2.26. The molecule has 5 heteroatoms. The molecule has 0 N–H and O–H groups in total. The van der Waals surface area contributed by atoms with Gasteiger partial charge in [-0.25, -0.2) is 0 Å². The van der Waals surface area contributed by atoms with E-state index in [1.54, 1.807) is 13.0 Å². The molecule has 0 atom stereocenters. The zero-order valence-corrected chi connectivity index (χ0v) is 12.5. The Labute approximate surface area is 114 Å². The first-order valence-electron chi connectivity index (χ1n) is 6.82. The van der Waals surface area contributed by atoms with Gasteiger partial charge in [-0.3, -0.25) is 14.9 Å². The van der Waals surface area contributed by atoms with Crippen LogP contribution in [0.1, 0.15) is 51.8 Å². The molecule has 1 aromatic heterocycles. The highest BCUT2D eigenvalue weighted by molar-refractivity contribution is 5.38. The van der Waals surface area contributed by atoms with Crippen LogP contribution in [0, 0.1) is 17.0 Å². The van der Waals surface area contributed by atoms with Crippen molar-refractivity contribution < 1.29 is 4.92 Å². The standard InChI is InChI=1S/C11H16N2O3.C3H8/c1-4-6-9-7-8(3)10(13(15)16)11(14)12(9)5-2;1-3-2/h7H,4-6H2,1-3H3;3H2,1-2H3. The smallest absolute Gasteiger partial charge is 0.307 e. The molecule has 0 saturated carbocycles. The van der Waals surface area contributed by atoms with Crippen molar-refractivity contribution in [3.63, 3.8) is 0 Å². The number of nitro groups is 1. The summed E-state index contributed by atoms with van der Waals surface area (Å²) >= 11 is 0. The van der Waals surface area contributed by atoms with Crippen LogP contribution < -0.4 is 5.56 Å². The van der Waals surface area contributed by atoms with Crippen molar-refractivity contribution >= 4 is 5.69 Å². The molecule has 0 saturated heterocycles. The fourth-order valence-corrected chi connectivity index (χ4v) is 1.86. The van der Waals surface area contributed by atoms with Gasteiger partial charge in [-0.05, 0) is 26.3 Å². The maximum atomic E-state index is 11.9. The second-order valence-corrected chi connectivity index (χ2v) is 4.43. The van der Waals surface area contributed by atoms with E-state index in [-0.39, 0.29) is 5.69 Å². The van der Waals surface area contributed by atoms with Crippen LogP contribution in [-0.4, -0.2) is 9.49 Å². The fourth-order valence-electron chi connectivity index (χ4n) is 1.86. The Balaban J connectivity index is 0.000000982. The minimum absolute atomic E-state index is 0.304. The summed E-state index contributed by atoms with van der Waals surface area (Å²) in [5.41, 5.74) is 0.527. The molecule has 1 rings (SSSR count). The number of aryl methyl sites for hydroxylation is 2. The summed E-state index contributed by atoms with van der Waals surface area (Å²) in [5, 5.41) is 10.8. The summed E-state index contributed by atoms with van der Waals surface area (Å²) in [5.74, 6) is 0. The summed E-state index contributed by atoms with van der Waals surface area (Å²) < 4.78 is 1.48. The zero-order chi connectivity index (χ0) is 15.0. The van der Waals surface area contributed by atoms with Crippen molar-refractivity contribution in [2.45, 2.75) is 60.4 Å². The van der Waals surface area contributed by atoms with Gasteiger partial charge in [0.05, 0.1) is 4.92 Å². The molecule has 0 unspecified atom stereocenters. The molecular formula is C14H24N2O3. The molecule has 5 nitrogen and oxygen atoms in total. The van der Waals surface area contributed by atoms with Crippen molar-refractivity contribution in [3.05, 3.63) is 37.8 Å². The molecule has 0 aliphatic rings. The number of pyridine rings is 1. The molecule has 0 aliphatic carbocycles. The summed E-state index contributed by atoms with van der Waals surface area (Å²) in [7, 11) is 0.